The summed E-state index contributed by atoms with van der Waals surface area (Å²) in [6.07, 6.45) is 4.05. The molecule has 2 aliphatic rings. The Labute approximate surface area is 128 Å². The topological polar surface area (TPSA) is 61.8 Å². The Morgan fingerprint density at radius 3 is 2.76 bits per heavy atom. The van der Waals surface area contributed by atoms with Crippen LogP contribution in [0, 0.1) is 11.3 Å². The van der Waals surface area contributed by atoms with Crippen LogP contribution in [0.15, 0.2) is 0 Å². The maximum atomic E-state index is 12.5. The van der Waals surface area contributed by atoms with Gasteiger partial charge < -0.3 is 20.1 Å². The first-order valence-electron chi connectivity index (χ1n) is 8.30. The third-order valence-electron chi connectivity index (χ3n) is 5.03. The highest BCUT2D eigenvalue weighted by Crippen LogP contribution is 2.52. The average molecular weight is 298 g/mol. The Balaban J connectivity index is 1.91. The highest BCUT2D eigenvalue weighted by atomic mass is 16.5. The SMILES string of the molecule is CCCCN(CCCO)C(=O)NC1C2CCOC2C1(C)C. The maximum Gasteiger partial charge on any atom is 0.317 e. The number of rotatable bonds is 7. The van der Waals surface area contributed by atoms with Crippen LogP contribution < -0.4 is 5.32 Å². The molecule has 1 heterocycles. The first-order valence-corrected chi connectivity index (χ1v) is 8.30. The molecule has 1 aliphatic heterocycles. The number of aliphatic hydroxyl groups excluding tert-OH is 1. The molecule has 3 unspecified atom stereocenters. The normalized spacial score (nSPS) is 29.6. The summed E-state index contributed by atoms with van der Waals surface area (Å²) in [4.78, 5) is 14.4. The lowest BCUT2D eigenvalue weighted by Crippen LogP contribution is -2.68. The largest absolute Gasteiger partial charge is 0.396 e. The monoisotopic (exact) mass is 298 g/mol. The van der Waals surface area contributed by atoms with E-state index in [4.69, 9.17) is 9.84 Å². The fourth-order valence-electron chi connectivity index (χ4n) is 3.77. The Morgan fingerprint density at radius 1 is 1.38 bits per heavy atom. The van der Waals surface area contributed by atoms with Crippen LogP contribution >= 0.6 is 0 Å². The lowest BCUT2D eigenvalue weighted by Gasteiger charge is -2.54. The van der Waals surface area contributed by atoms with Gasteiger partial charge in [0, 0.05) is 43.7 Å². The molecule has 2 amide bonds. The van der Waals surface area contributed by atoms with Crippen LogP contribution in [0.4, 0.5) is 4.79 Å². The minimum Gasteiger partial charge on any atom is -0.396 e. The van der Waals surface area contributed by atoms with Crippen LogP contribution in [-0.4, -0.2) is 54.5 Å². The fourth-order valence-corrected chi connectivity index (χ4v) is 3.77. The predicted molar refractivity (Wildman–Crippen MR) is 82.1 cm³/mol. The minimum atomic E-state index is 0.0142. The van der Waals surface area contributed by atoms with Crippen LogP contribution in [0.3, 0.4) is 0 Å². The molecule has 3 atom stereocenters. The molecular formula is C16H30N2O3. The van der Waals surface area contributed by atoms with Gasteiger partial charge in [-0.1, -0.05) is 27.2 Å². The number of carbonyl (C=O) groups excluding carboxylic acids is 1. The van der Waals surface area contributed by atoms with Crippen LogP contribution in [-0.2, 0) is 4.74 Å². The minimum absolute atomic E-state index is 0.0142. The van der Waals surface area contributed by atoms with E-state index in [1.807, 2.05) is 4.90 Å². The molecule has 0 aromatic carbocycles. The summed E-state index contributed by atoms with van der Waals surface area (Å²) >= 11 is 0. The Kier molecular flexibility index (Phi) is 5.49. The van der Waals surface area contributed by atoms with Crippen LogP contribution in [0.2, 0.25) is 0 Å². The van der Waals surface area contributed by atoms with E-state index < -0.39 is 0 Å². The van der Waals surface area contributed by atoms with E-state index in [-0.39, 0.29) is 24.1 Å². The summed E-state index contributed by atoms with van der Waals surface area (Å²) in [5, 5.41) is 12.2. The van der Waals surface area contributed by atoms with Crippen molar-refractivity contribution in [2.75, 3.05) is 26.3 Å². The number of nitrogens with one attached hydrogen (secondary N) is 1. The zero-order chi connectivity index (χ0) is 15.5. The van der Waals surface area contributed by atoms with Gasteiger partial charge in [0.15, 0.2) is 0 Å². The summed E-state index contributed by atoms with van der Waals surface area (Å²) in [7, 11) is 0. The summed E-state index contributed by atoms with van der Waals surface area (Å²) in [6.45, 7) is 8.80. The maximum absolute atomic E-state index is 12.5. The number of unbranched alkanes of at least 4 members (excludes halogenated alkanes) is 1. The third-order valence-corrected chi connectivity index (χ3v) is 5.03. The lowest BCUT2D eigenvalue weighted by molar-refractivity contribution is -0.109. The number of ether oxygens (including phenoxy) is 1. The molecule has 1 saturated heterocycles. The van der Waals surface area contributed by atoms with Gasteiger partial charge in [0.05, 0.1) is 6.10 Å². The second-order valence-corrected chi connectivity index (χ2v) is 6.91. The summed E-state index contributed by atoms with van der Waals surface area (Å²) in [5.41, 5.74) is 0.0181. The standard InChI is InChI=1S/C16H30N2O3/c1-4-5-8-18(9-6-10-19)15(20)17-13-12-7-11-21-14(12)16(13,2)3/h12-14,19H,4-11H2,1-3H3,(H,17,20). The van der Waals surface area contributed by atoms with Gasteiger partial charge in [-0.15, -0.1) is 0 Å². The number of hydrogen-bond acceptors (Lipinski definition) is 3. The van der Waals surface area contributed by atoms with Crippen molar-refractivity contribution in [2.45, 2.75) is 58.6 Å². The van der Waals surface area contributed by atoms with E-state index >= 15 is 0 Å². The summed E-state index contributed by atoms with van der Waals surface area (Å²) in [5.74, 6) is 0.467. The van der Waals surface area contributed by atoms with Crippen molar-refractivity contribution in [3.05, 3.63) is 0 Å². The van der Waals surface area contributed by atoms with Crippen molar-refractivity contribution < 1.29 is 14.6 Å². The lowest BCUT2D eigenvalue weighted by atomic mass is 9.57. The molecule has 5 heteroatoms. The van der Waals surface area contributed by atoms with Gasteiger partial charge in [0.25, 0.3) is 0 Å². The molecule has 2 N–H and O–H groups in total. The molecule has 0 radical (unpaired) electrons. The smallest absolute Gasteiger partial charge is 0.317 e. The predicted octanol–water partition coefficient (Wildman–Crippen LogP) is 1.99. The van der Waals surface area contributed by atoms with Gasteiger partial charge in [-0.05, 0) is 19.3 Å². The van der Waals surface area contributed by atoms with Gasteiger partial charge in [0.2, 0.25) is 0 Å². The molecule has 0 aromatic heterocycles. The summed E-state index contributed by atoms with van der Waals surface area (Å²) in [6, 6.07) is 0.219. The van der Waals surface area contributed by atoms with Crippen molar-refractivity contribution in [1.29, 1.82) is 0 Å². The van der Waals surface area contributed by atoms with Gasteiger partial charge in [-0.2, -0.15) is 0 Å². The Hall–Kier alpha value is -0.810. The quantitative estimate of drug-likeness (QED) is 0.755. The average Bonchev–Trinajstić information content (AvgIpc) is 2.91. The number of fused-ring (bicyclic) bond motifs is 1. The van der Waals surface area contributed by atoms with Gasteiger partial charge in [-0.3, -0.25) is 0 Å². The number of hydrogen-bond donors (Lipinski definition) is 2. The number of urea groups is 1. The van der Waals surface area contributed by atoms with Crippen LogP contribution in [0.25, 0.3) is 0 Å². The van der Waals surface area contributed by atoms with E-state index in [0.29, 0.717) is 25.0 Å². The molecule has 2 rings (SSSR count). The number of aliphatic hydroxyl groups is 1. The molecule has 21 heavy (non-hydrogen) atoms. The van der Waals surface area contributed by atoms with E-state index in [1.54, 1.807) is 0 Å². The zero-order valence-electron chi connectivity index (χ0n) is 13.6. The van der Waals surface area contributed by atoms with Gasteiger partial charge in [-0.25, -0.2) is 4.79 Å². The highest BCUT2D eigenvalue weighted by molar-refractivity contribution is 5.75. The summed E-state index contributed by atoms with van der Waals surface area (Å²) < 4.78 is 5.77. The number of nitrogens with zero attached hydrogens (tertiary/aromatic N) is 1. The molecule has 1 aliphatic carbocycles. The van der Waals surface area contributed by atoms with Crippen molar-refractivity contribution in [3.63, 3.8) is 0 Å². The van der Waals surface area contributed by atoms with E-state index in [0.717, 1.165) is 32.4 Å². The molecule has 2 fully saturated rings. The van der Waals surface area contributed by atoms with Crippen molar-refractivity contribution in [3.8, 4) is 0 Å². The molecule has 0 bridgehead atoms. The van der Waals surface area contributed by atoms with E-state index in [2.05, 4.69) is 26.1 Å². The molecule has 0 aromatic rings. The first-order chi connectivity index (χ1) is 10.0. The Bertz CT molecular complexity index is 351. The second kappa shape index (κ2) is 6.97. The molecular weight excluding hydrogens is 268 g/mol. The fraction of sp³-hybridized carbons (Fsp3) is 0.938. The second-order valence-electron chi connectivity index (χ2n) is 6.91. The first kappa shape index (κ1) is 16.6. The van der Waals surface area contributed by atoms with E-state index in [9.17, 15) is 4.79 Å². The number of carbonyl (C=O) groups is 1. The molecule has 0 spiro atoms. The van der Waals surface area contributed by atoms with E-state index in [1.165, 1.54) is 0 Å². The van der Waals surface area contributed by atoms with Crippen molar-refractivity contribution >= 4 is 6.03 Å². The third kappa shape index (κ3) is 3.34. The Morgan fingerprint density at radius 2 is 2.10 bits per heavy atom. The molecule has 122 valence electrons. The number of amides is 2. The van der Waals surface area contributed by atoms with Crippen molar-refractivity contribution in [1.82, 2.24) is 10.2 Å². The van der Waals surface area contributed by atoms with Gasteiger partial charge in [0.1, 0.15) is 0 Å². The van der Waals surface area contributed by atoms with Crippen LogP contribution in [0.5, 0.6) is 0 Å². The van der Waals surface area contributed by atoms with Gasteiger partial charge >= 0.3 is 6.03 Å². The molecule has 5 nitrogen and oxygen atoms in total. The zero-order valence-corrected chi connectivity index (χ0v) is 13.6. The highest BCUT2D eigenvalue weighted by Gasteiger charge is 2.59. The van der Waals surface area contributed by atoms with Crippen LogP contribution in [0.1, 0.15) is 46.5 Å². The molecule has 1 saturated carbocycles. The van der Waals surface area contributed by atoms with Crippen molar-refractivity contribution in [2.24, 2.45) is 11.3 Å².